The van der Waals surface area contributed by atoms with Gasteiger partial charge >= 0.3 is 0 Å². The van der Waals surface area contributed by atoms with E-state index in [1.165, 1.54) is 37.3 Å². The highest BCUT2D eigenvalue weighted by Crippen LogP contribution is 2.49. The second kappa shape index (κ2) is 9.94. The van der Waals surface area contributed by atoms with Crippen LogP contribution in [-0.2, 0) is 16.8 Å². The van der Waals surface area contributed by atoms with Gasteiger partial charge in [0, 0.05) is 60.8 Å². The molecule has 2 aromatic carbocycles. The lowest BCUT2D eigenvalue weighted by Crippen LogP contribution is -2.74. The number of carbonyl (C=O) groups is 1. The third-order valence-corrected chi connectivity index (χ3v) is 10.5. The molecular weight excluding hydrogens is 591 g/mol. The molecule has 1 atom stereocenters. The SMILES string of the molecule is Cc1cc(N2CC3(CN(C(=O)C(C)(C)O)C3)C2)cc2c(N(C)c3nc(-c4ccc(F)cc4)c(C#N)s3)c3c(nc12)[C@](C)(O)CC3. The Labute approximate surface area is 265 Å². The molecule has 2 fully saturated rings. The van der Waals surface area contributed by atoms with Crippen LogP contribution in [0.25, 0.3) is 22.2 Å². The maximum absolute atomic E-state index is 13.6. The zero-order valence-corrected chi connectivity index (χ0v) is 26.8. The third-order valence-electron chi connectivity index (χ3n) is 9.45. The molecule has 2 N–H and O–H groups in total. The third kappa shape index (κ3) is 4.74. The second-order valence-electron chi connectivity index (χ2n) is 13.6. The molecule has 0 radical (unpaired) electrons. The highest BCUT2D eigenvalue weighted by atomic mass is 32.1. The van der Waals surface area contributed by atoms with Gasteiger partial charge in [-0.05, 0) is 82.5 Å². The Morgan fingerprint density at radius 2 is 1.84 bits per heavy atom. The minimum Gasteiger partial charge on any atom is -0.384 e. The van der Waals surface area contributed by atoms with E-state index in [9.17, 15) is 24.7 Å². The quantitative estimate of drug-likeness (QED) is 0.317. The van der Waals surface area contributed by atoms with Gasteiger partial charge in [0.05, 0.1) is 16.9 Å². The maximum Gasteiger partial charge on any atom is 0.253 e. The number of anilines is 3. The largest absolute Gasteiger partial charge is 0.384 e. The van der Waals surface area contributed by atoms with Crippen molar-refractivity contribution in [3.05, 3.63) is 63.9 Å². The van der Waals surface area contributed by atoms with Crippen molar-refractivity contribution in [2.24, 2.45) is 5.41 Å². The Morgan fingerprint density at radius 1 is 1.16 bits per heavy atom. The predicted octanol–water partition coefficient (Wildman–Crippen LogP) is 5.02. The molecule has 232 valence electrons. The van der Waals surface area contributed by atoms with Crippen LogP contribution in [0.15, 0.2) is 36.4 Å². The number of likely N-dealkylation sites (tertiary alicyclic amines) is 1. The molecule has 1 spiro atoms. The summed E-state index contributed by atoms with van der Waals surface area (Å²) >= 11 is 1.28. The Bertz CT molecular complexity index is 1910. The Kier molecular flexibility index (Phi) is 6.54. The topological polar surface area (TPSA) is 117 Å². The second-order valence-corrected chi connectivity index (χ2v) is 14.6. The smallest absolute Gasteiger partial charge is 0.253 e. The van der Waals surface area contributed by atoms with E-state index in [-0.39, 0.29) is 17.1 Å². The molecule has 1 aliphatic carbocycles. The molecule has 0 bridgehead atoms. The number of benzene rings is 2. The summed E-state index contributed by atoms with van der Waals surface area (Å²) in [7, 11) is 1.93. The lowest BCUT2D eigenvalue weighted by Gasteiger charge is -2.61. The van der Waals surface area contributed by atoms with E-state index in [1.807, 2.05) is 18.9 Å². The summed E-state index contributed by atoms with van der Waals surface area (Å²) in [5.74, 6) is -0.590. The van der Waals surface area contributed by atoms with Crippen LogP contribution in [0.2, 0.25) is 0 Å². The zero-order valence-electron chi connectivity index (χ0n) is 26.0. The fourth-order valence-corrected chi connectivity index (χ4v) is 8.00. The molecule has 2 aliphatic heterocycles. The Balaban J connectivity index is 1.27. The summed E-state index contributed by atoms with van der Waals surface area (Å²) in [6, 6.07) is 12.5. The van der Waals surface area contributed by atoms with Gasteiger partial charge in [0.25, 0.3) is 5.91 Å². The number of aliphatic hydroxyl groups is 2. The minimum atomic E-state index is -1.37. The van der Waals surface area contributed by atoms with Crippen molar-refractivity contribution in [1.82, 2.24) is 14.9 Å². The number of nitrogens with zero attached hydrogens (tertiary/aromatic N) is 6. The molecule has 11 heteroatoms. The summed E-state index contributed by atoms with van der Waals surface area (Å²) in [6.07, 6.45) is 1.20. The Morgan fingerprint density at radius 3 is 2.49 bits per heavy atom. The van der Waals surface area contributed by atoms with Gasteiger partial charge in [-0.15, -0.1) is 0 Å². The fourth-order valence-electron chi connectivity index (χ4n) is 7.15. The zero-order chi connectivity index (χ0) is 32.1. The summed E-state index contributed by atoms with van der Waals surface area (Å²) < 4.78 is 13.6. The molecule has 3 aliphatic rings. The molecule has 2 aromatic heterocycles. The number of nitriles is 1. The van der Waals surface area contributed by atoms with E-state index in [0.717, 1.165) is 46.5 Å². The molecule has 4 aromatic rings. The average molecular weight is 627 g/mol. The van der Waals surface area contributed by atoms with Gasteiger partial charge in [0.2, 0.25) is 0 Å². The van der Waals surface area contributed by atoms with E-state index in [0.29, 0.717) is 52.9 Å². The lowest BCUT2D eigenvalue weighted by atomic mass is 9.72. The van der Waals surface area contributed by atoms with Crippen LogP contribution >= 0.6 is 11.3 Å². The number of halogens is 1. The number of carbonyl (C=O) groups excluding carboxylic acids is 1. The molecule has 0 saturated carbocycles. The summed E-state index contributed by atoms with van der Waals surface area (Å²) in [5.41, 5.74) is 4.15. The van der Waals surface area contributed by atoms with Gasteiger partial charge in [0.1, 0.15) is 33.7 Å². The first-order valence-corrected chi connectivity index (χ1v) is 15.9. The van der Waals surface area contributed by atoms with Gasteiger partial charge in [0.15, 0.2) is 5.13 Å². The van der Waals surface area contributed by atoms with Crippen molar-refractivity contribution in [1.29, 1.82) is 5.26 Å². The first-order valence-electron chi connectivity index (χ1n) is 15.1. The molecule has 1 amide bonds. The summed E-state index contributed by atoms with van der Waals surface area (Å²) in [6.45, 7) is 9.79. The van der Waals surface area contributed by atoms with E-state index < -0.39 is 11.2 Å². The van der Waals surface area contributed by atoms with Crippen LogP contribution in [0.1, 0.15) is 48.9 Å². The number of pyridine rings is 1. The Hall–Kier alpha value is -4.11. The summed E-state index contributed by atoms with van der Waals surface area (Å²) in [4.78, 5) is 28.9. The number of aryl methyl sites for hydroxylation is 1. The van der Waals surface area contributed by atoms with Crippen molar-refractivity contribution in [3.8, 4) is 17.3 Å². The van der Waals surface area contributed by atoms with Crippen molar-refractivity contribution in [2.45, 2.75) is 51.7 Å². The van der Waals surface area contributed by atoms with Crippen LogP contribution in [0.5, 0.6) is 0 Å². The molecule has 9 nitrogen and oxygen atoms in total. The van der Waals surface area contributed by atoms with Crippen molar-refractivity contribution < 1.29 is 19.4 Å². The van der Waals surface area contributed by atoms with Gasteiger partial charge in [-0.1, -0.05) is 11.3 Å². The lowest BCUT2D eigenvalue weighted by molar-refractivity contribution is -0.162. The molecule has 0 unspecified atom stereocenters. The first kappa shape index (κ1) is 29.6. The number of hydrogen-bond donors (Lipinski definition) is 2. The van der Waals surface area contributed by atoms with Crippen LogP contribution in [0.3, 0.4) is 0 Å². The van der Waals surface area contributed by atoms with Gasteiger partial charge < -0.3 is 24.9 Å². The number of rotatable bonds is 5. The fraction of sp³-hybridized carbons (Fsp3) is 0.412. The van der Waals surface area contributed by atoms with Crippen molar-refractivity contribution in [2.75, 3.05) is 43.0 Å². The molecule has 2 saturated heterocycles. The highest BCUT2D eigenvalue weighted by molar-refractivity contribution is 7.16. The van der Waals surface area contributed by atoms with Crippen LogP contribution in [-0.4, -0.2) is 69.8 Å². The standard InChI is InChI=1S/C34H35FN6O3S/c1-19-12-22(40-15-34(16-40)17-41(18-34)30(42)32(2,3)43)13-24-26(19)37-29-23(10-11-33(29,4)44)28(24)39(5)31-38-27(25(14-36)45-31)20-6-8-21(35)9-7-20/h6-9,12-13,43-44H,10-11,15-18H2,1-5H3/t33-/m1/s1. The van der Waals surface area contributed by atoms with E-state index in [2.05, 4.69) is 23.1 Å². The van der Waals surface area contributed by atoms with Gasteiger partial charge in [-0.3, -0.25) is 4.79 Å². The number of hydrogen-bond acceptors (Lipinski definition) is 9. The van der Waals surface area contributed by atoms with Gasteiger partial charge in [-0.25, -0.2) is 14.4 Å². The van der Waals surface area contributed by atoms with E-state index in [1.54, 1.807) is 24.0 Å². The van der Waals surface area contributed by atoms with Crippen molar-refractivity contribution >= 4 is 44.7 Å². The maximum atomic E-state index is 13.6. The number of fused-ring (bicyclic) bond motifs is 2. The normalized spacial score (nSPS) is 20.2. The minimum absolute atomic E-state index is 0.0314. The number of thiazole rings is 1. The van der Waals surface area contributed by atoms with Gasteiger partial charge in [-0.2, -0.15) is 5.26 Å². The van der Waals surface area contributed by atoms with Crippen molar-refractivity contribution in [3.63, 3.8) is 0 Å². The molecule has 4 heterocycles. The van der Waals surface area contributed by atoms with Crippen LogP contribution < -0.4 is 9.80 Å². The van der Waals surface area contributed by atoms with E-state index >= 15 is 0 Å². The summed E-state index contributed by atoms with van der Waals surface area (Å²) in [5, 5.41) is 33.0. The monoisotopic (exact) mass is 626 g/mol. The average Bonchev–Trinajstić information content (AvgIpc) is 3.50. The number of amides is 1. The van der Waals surface area contributed by atoms with E-state index in [4.69, 9.17) is 9.97 Å². The molecule has 45 heavy (non-hydrogen) atoms. The number of aromatic nitrogens is 2. The molecular formula is C34H35FN6O3S. The highest BCUT2D eigenvalue weighted by Gasteiger charge is 2.54. The molecule has 7 rings (SSSR count). The first-order chi connectivity index (χ1) is 21.2. The van der Waals surface area contributed by atoms with Crippen LogP contribution in [0.4, 0.5) is 20.9 Å². The predicted molar refractivity (Wildman–Crippen MR) is 172 cm³/mol. The van der Waals surface area contributed by atoms with Crippen LogP contribution in [0, 0.1) is 29.5 Å².